The highest BCUT2D eigenvalue weighted by Crippen LogP contribution is 2.39. The molecular weight excluding hydrogens is 422 g/mol. The number of carbonyl (C=O) groups excluding carboxylic acids is 1. The van der Waals surface area contributed by atoms with Crippen LogP contribution in [0.25, 0.3) is 10.2 Å². The molecule has 0 unspecified atom stereocenters. The number of nitrogens with zero attached hydrogens (tertiary/aromatic N) is 2. The molecule has 8 heteroatoms. The molecule has 3 aromatic rings. The first-order valence-electron chi connectivity index (χ1n) is 11.2. The highest BCUT2D eigenvalue weighted by Gasteiger charge is 2.46. The van der Waals surface area contributed by atoms with Crippen molar-refractivity contribution < 1.29 is 9.53 Å². The van der Waals surface area contributed by atoms with E-state index in [0.717, 1.165) is 53.3 Å². The monoisotopic (exact) mass is 449 g/mol. The fourth-order valence-corrected chi connectivity index (χ4v) is 6.30. The van der Waals surface area contributed by atoms with Crippen LogP contribution < -0.4 is 26.0 Å². The molecule has 7 nitrogen and oxygen atoms in total. The molecule has 0 bridgehead atoms. The zero-order valence-corrected chi connectivity index (χ0v) is 18.9. The summed E-state index contributed by atoms with van der Waals surface area (Å²) in [5.41, 5.74) is 10.3. The maximum absolute atomic E-state index is 13.0. The average Bonchev–Trinajstić information content (AvgIpc) is 3.35. The summed E-state index contributed by atoms with van der Waals surface area (Å²) in [7, 11) is 0. The molecule has 4 N–H and O–H groups in total. The van der Waals surface area contributed by atoms with Crippen molar-refractivity contribution in [3.63, 3.8) is 0 Å². The van der Waals surface area contributed by atoms with E-state index in [4.69, 9.17) is 10.5 Å². The van der Waals surface area contributed by atoms with Crippen molar-refractivity contribution in [3.05, 3.63) is 46.5 Å². The molecule has 2 saturated heterocycles. The number of hydrogen-bond acceptors (Lipinski definition) is 7. The van der Waals surface area contributed by atoms with Crippen molar-refractivity contribution in [2.24, 2.45) is 0 Å². The van der Waals surface area contributed by atoms with Gasteiger partial charge in [0.15, 0.2) is 0 Å². The average molecular weight is 450 g/mol. The Bertz CT molecular complexity index is 1220. The van der Waals surface area contributed by atoms with Crippen LogP contribution in [0.5, 0.6) is 5.75 Å². The van der Waals surface area contributed by atoms with Gasteiger partial charge in [0, 0.05) is 42.5 Å². The molecule has 166 valence electrons. The van der Waals surface area contributed by atoms with Crippen LogP contribution in [0.15, 0.2) is 30.3 Å². The van der Waals surface area contributed by atoms with Gasteiger partial charge in [-0.1, -0.05) is 6.07 Å². The van der Waals surface area contributed by atoms with Gasteiger partial charge in [0.05, 0.1) is 17.3 Å². The number of nitrogen functional groups attached to an aromatic ring is 1. The van der Waals surface area contributed by atoms with Gasteiger partial charge in [0.1, 0.15) is 22.1 Å². The molecule has 0 saturated carbocycles. The molecule has 5 heterocycles. The second-order valence-corrected chi connectivity index (χ2v) is 10.2. The van der Waals surface area contributed by atoms with Crippen LogP contribution in [-0.2, 0) is 6.42 Å². The number of thiophene rings is 1. The van der Waals surface area contributed by atoms with Crippen molar-refractivity contribution in [2.75, 3.05) is 36.9 Å². The van der Waals surface area contributed by atoms with Gasteiger partial charge < -0.3 is 26.0 Å². The van der Waals surface area contributed by atoms with Crippen LogP contribution >= 0.6 is 11.3 Å². The lowest BCUT2D eigenvalue weighted by Gasteiger charge is -2.47. The number of carbonyl (C=O) groups is 1. The Morgan fingerprint density at radius 3 is 3.03 bits per heavy atom. The van der Waals surface area contributed by atoms with E-state index < -0.39 is 0 Å². The topological polar surface area (TPSA) is 92.5 Å². The predicted octanol–water partition coefficient (Wildman–Crippen LogP) is 2.86. The van der Waals surface area contributed by atoms with Gasteiger partial charge in [-0.15, -0.1) is 11.3 Å². The molecule has 1 aromatic carbocycles. The predicted molar refractivity (Wildman–Crippen MR) is 128 cm³/mol. The molecule has 2 fully saturated rings. The molecule has 32 heavy (non-hydrogen) atoms. The first-order valence-corrected chi connectivity index (χ1v) is 12.0. The quantitative estimate of drug-likeness (QED) is 0.570. The van der Waals surface area contributed by atoms with Crippen LogP contribution in [0.1, 0.15) is 33.8 Å². The fraction of sp³-hybridized carbons (Fsp3) is 0.417. The molecule has 3 aliphatic rings. The van der Waals surface area contributed by atoms with Gasteiger partial charge in [-0.25, -0.2) is 4.98 Å². The Labute approximate surface area is 191 Å². The molecule has 1 atom stereocenters. The minimum atomic E-state index is -0.159. The third-order valence-corrected chi connectivity index (χ3v) is 8.16. The van der Waals surface area contributed by atoms with Gasteiger partial charge in [0.25, 0.3) is 5.91 Å². The van der Waals surface area contributed by atoms with Gasteiger partial charge in [-0.2, -0.15) is 0 Å². The zero-order chi connectivity index (χ0) is 21.9. The summed E-state index contributed by atoms with van der Waals surface area (Å²) in [6.45, 7) is 5.62. The summed E-state index contributed by atoms with van der Waals surface area (Å²) >= 11 is 1.34. The summed E-state index contributed by atoms with van der Waals surface area (Å²) < 4.78 is 6.10. The molecule has 0 aliphatic carbocycles. The number of anilines is 2. The maximum atomic E-state index is 13.0. The minimum Gasteiger partial charge on any atom is -0.491 e. The van der Waals surface area contributed by atoms with Gasteiger partial charge in [0.2, 0.25) is 0 Å². The number of benzene rings is 1. The number of rotatable bonds is 3. The maximum Gasteiger partial charge on any atom is 0.263 e. The number of nitrogens with one attached hydrogen (secondary N) is 2. The SMILES string of the molecule is Cc1ccc2c(N)c(C(=O)N[C@H]3COc4cc(N5CCCC56CNC6)ccc4C3)sc2n1. The normalized spacial score (nSPS) is 21.3. The molecular formula is C24H27N5O2S. The van der Waals surface area contributed by atoms with Crippen LogP contribution in [0, 0.1) is 6.92 Å². The van der Waals surface area contributed by atoms with Crippen molar-refractivity contribution in [1.82, 2.24) is 15.6 Å². The Hall–Kier alpha value is -2.84. The second-order valence-electron chi connectivity index (χ2n) is 9.21. The lowest BCUT2D eigenvalue weighted by atomic mass is 9.89. The number of fused-ring (bicyclic) bond motifs is 2. The third-order valence-electron chi connectivity index (χ3n) is 7.05. The van der Waals surface area contributed by atoms with E-state index in [2.05, 4.69) is 38.7 Å². The first-order chi connectivity index (χ1) is 15.5. The third kappa shape index (κ3) is 3.12. The van der Waals surface area contributed by atoms with E-state index in [-0.39, 0.29) is 17.5 Å². The Morgan fingerprint density at radius 1 is 1.34 bits per heavy atom. The van der Waals surface area contributed by atoms with Crippen molar-refractivity contribution in [1.29, 1.82) is 0 Å². The van der Waals surface area contributed by atoms with E-state index in [9.17, 15) is 4.79 Å². The van der Waals surface area contributed by atoms with Crippen LogP contribution in [0.2, 0.25) is 0 Å². The largest absolute Gasteiger partial charge is 0.491 e. The standard InChI is InChI=1S/C24H27N5O2S/c1-14-3-6-18-20(25)21(32-23(18)27-14)22(30)28-16-9-15-4-5-17(10-19(15)31-11-16)29-8-2-7-24(29)12-26-13-24/h3-6,10,16,26H,2,7-9,11-13,25H2,1H3,(H,28,30)/t16-/m1/s1. The molecule has 1 spiro atoms. The number of nitrogens with two attached hydrogens (primary N) is 1. The number of aryl methyl sites for hydroxylation is 1. The van der Waals surface area contributed by atoms with Gasteiger partial charge in [-0.3, -0.25) is 4.79 Å². The van der Waals surface area contributed by atoms with Crippen LogP contribution in [-0.4, -0.2) is 48.7 Å². The number of pyridine rings is 1. The summed E-state index contributed by atoms with van der Waals surface area (Å²) in [6.07, 6.45) is 3.24. The highest BCUT2D eigenvalue weighted by atomic mass is 32.1. The molecule has 2 aromatic heterocycles. The number of amides is 1. The molecule has 0 radical (unpaired) electrons. The van der Waals surface area contributed by atoms with Gasteiger partial charge >= 0.3 is 0 Å². The van der Waals surface area contributed by atoms with E-state index >= 15 is 0 Å². The number of hydrogen-bond donors (Lipinski definition) is 3. The lowest BCUT2D eigenvalue weighted by molar-refractivity contribution is 0.0920. The van der Waals surface area contributed by atoms with E-state index in [1.54, 1.807) is 0 Å². The Kier molecular flexibility index (Phi) is 4.55. The summed E-state index contributed by atoms with van der Waals surface area (Å²) in [5.74, 6) is 0.775. The summed E-state index contributed by atoms with van der Waals surface area (Å²) in [5, 5.41) is 7.38. The zero-order valence-electron chi connectivity index (χ0n) is 18.1. The number of ether oxygens (including phenoxy) is 1. The molecule has 3 aliphatic heterocycles. The Balaban J connectivity index is 1.18. The fourth-order valence-electron chi connectivity index (χ4n) is 5.25. The van der Waals surface area contributed by atoms with Crippen molar-refractivity contribution in [2.45, 2.75) is 37.8 Å². The smallest absolute Gasteiger partial charge is 0.263 e. The lowest BCUT2D eigenvalue weighted by Crippen LogP contribution is -2.66. The van der Waals surface area contributed by atoms with E-state index in [0.29, 0.717) is 17.2 Å². The second kappa shape index (κ2) is 7.35. The van der Waals surface area contributed by atoms with Crippen molar-refractivity contribution >= 4 is 38.8 Å². The van der Waals surface area contributed by atoms with Crippen LogP contribution in [0.4, 0.5) is 11.4 Å². The van der Waals surface area contributed by atoms with E-state index in [1.165, 1.54) is 29.9 Å². The summed E-state index contributed by atoms with van der Waals surface area (Å²) in [4.78, 5) is 21.3. The molecule has 1 amide bonds. The Morgan fingerprint density at radius 2 is 2.22 bits per heavy atom. The minimum absolute atomic E-state index is 0.0888. The van der Waals surface area contributed by atoms with Crippen LogP contribution in [0.3, 0.4) is 0 Å². The first kappa shape index (κ1) is 19.8. The van der Waals surface area contributed by atoms with E-state index in [1.807, 2.05) is 19.1 Å². The summed E-state index contributed by atoms with van der Waals surface area (Å²) in [6, 6.07) is 10.3. The highest BCUT2D eigenvalue weighted by molar-refractivity contribution is 7.21. The van der Waals surface area contributed by atoms with Gasteiger partial charge in [-0.05, 0) is 49.9 Å². The number of aromatic nitrogens is 1. The van der Waals surface area contributed by atoms with Crippen molar-refractivity contribution in [3.8, 4) is 5.75 Å². The molecule has 6 rings (SSSR count).